The van der Waals surface area contributed by atoms with Crippen molar-refractivity contribution in [2.24, 2.45) is 0 Å². The van der Waals surface area contributed by atoms with Crippen LogP contribution in [-0.2, 0) is 9.05 Å². The molecule has 0 rings (SSSR count). The van der Waals surface area contributed by atoms with Crippen molar-refractivity contribution in [2.45, 2.75) is 19.3 Å². The first-order chi connectivity index (χ1) is 6.64. The lowest BCUT2D eigenvalue weighted by molar-refractivity contribution is -0.162. The fourth-order valence-corrected chi connectivity index (χ4v) is 1.53. The molecule has 9 heteroatoms. The van der Waals surface area contributed by atoms with E-state index in [-0.39, 0.29) is 6.16 Å². The van der Waals surface area contributed by atoms with Crippen LogP contribution in [0.3, 0.4) is 0 Å². The highest BCUT2D eigenvalue weighted by Gasteiger charge is 2.32. The zero-order chi connectivity index (χ0) is 12.1. The SMILES string of the molecule is CCP(OCC(F)(F)F)OCC(F)(F)F. The van der Waals surface area contributed by atoms with Crippen LogP contribution in [0.4, 0.5) is 26.3 Å². The molecule has 0 amide bonds. The Morgan fingerprint density at radius 1 is 0.867 bits per heavy atom. The number of hydrogen-bond acceptors (Lipinski definition) is 2. The van der Waals surface area contributed by atoms with Gasteiger partial charge in [-0.1, -0.05) is 6.92 Å². The van der Waals surface area contributed by atoms with E-state index < -0.39 is 33.9 Å². The van der Waals surface area contributed by atoms with Crippen LogP contribution in [-0.4, -0.2) is 31.7 Å². The van der Waals surface area contributed by atoms with Crippen molar-refractivity contribution in [3.05, 3.63) is 0 Å². The minimum Gasteiger partial charge on any atom is -0.324 e. The first-order valence-electron chi connectivity index (χ1n) is 3.81. The largest absolute Gasteiger partial charge is 0.412 e. The minimum atomic E-state index is -4.56. The van der Waals surface area contributed by atoms with E-state index in [0.29, 0.717) is 0 Å². The normalized spacial score (nSPS) is 13.6. The fraction of sp³-hybridized carbons (Fsp3) is 1.00. The summed E-state index contributed by atoms with van der Waals surface area (Å²) in [5, 5.41) is 0. The lowest BCUT2D eigenvalue weighted by Gasteiger charge is -2.17. The molecule has 0 aliphatic rings. The monoisotopic (exact) mass is 258 g/mol. The summed E-state index contributed by atoms with van der Waals surface area (Å²) >= 11 is 0. The first-order valence-corrected chi connectivity index (χ1v) is 5.17. The molecular weight excluding hydrogens is 249 g/mol. The molecule has 0 N–H and O–H groups in total. The van der Waals surface area contributed by atoms with E-state index in [2.05, 4.69) is 9.05 Å². The van der Waals surface area contributed by atoms with Gasteiger partial charge in [-0.15, -0.1) is 0 Å². The molecule has 92 valence electrons. The van der Waals surface area contributed by atoms with Gasteiger partial charge in [0, 0.05) is 6.16 Å². The van der Waals surface area contributed by atoms with Crippen molar-refractivity contribution >= 4 is 8.38 Å². The predicted octanol–water partition coefficient (Wildman–Crippen LogP) is 3.48. The first kappa shape index (κ1) is 14.9. The maximum absolute atomic E-state index is 11.6. The van der Waals surface area contributed by atoms with Crippen molar-refractivity contribution in [3.8, 4) is 0 Å². The molecule has 0 aliphatic heterocycles. The van der Waals surface area contributed by atoms with Crippen LogP contribution in [0.5, 0.6) is 0 Å². The van der Waals surface area contributed by atoms with Crippen molar-refractivity contribution in [3.63, 3.8) is 0 Å². The lowest BCUT2D eigenvalue weighted by atomic mass is 10.7. The maximum Gasteiger partial charge on any atom is 0.412 e. The van der Waals surface area contributed by atoms with Gasteiger partial charge in [-0.25, -0.2) is 0 Å². The van der Waals surface area contributed by atoms with E-state index in [1.807, 2.05) is 0 Å². The molecule has 0 saturated carbocycles. The molecule has 0 fully saturated rings. The van der Waals surface area contributed by atoms with Crippen molar-refractivity contribution in [2.75, 3.05) is 19.4 Å². The predicted molar refractivity (Wildman–Crippen MR) is 41.5 cm³/mol. The third-order valence-electron chi connectivity index (χ3n) is 1.00. The zero-order valence-electron chi connectivity index (χ0n) is 7.65. The van der Waals surface area contributed by atoms with Crippen LogP contribution < -0.4 is 0 Å². The van der Waals surface area contributed by atoms with Gasteiger partial charge in [0.2, 0.25) is 0 Å². The van der Waals surface area contributed by atoms with Crippen molar-refractivity contribution in [1.82, 2.24) is 0 Å². The summed E-state index contributed by atoms with van der Waals surface area (Å²) < 4.78 is 78.1. The summed E-state index contributed by atoms with van der Waals surface area (Å²) in [7, 11) is -2.13. The fourth-order valence-electron chi connectivity index (χ4n) is 0.510. The quantitative estimate of drug-likeness (QED) is 0.555. The average molecular weight is 258 g/mol. The second-order valence-corrected chi connectivity index (χ2v) is 4.24. The zero-order valence-corrected chi connectivity index (χ0v) is 8.55. The Kier molecular flexibility index (Phi) is 5.84. The summed E-state index contributed by atoms with van der Waals surface area (Å²) in [4.78, 5) is 0. The molecule has 2 nitrogen and oxygen atoms in total. The van der Waals surface area contributed by atoms with Crippen molar-refractivity contribution in [1.29, 1.82) is 0 Å². The van der Waals surface area contributed by atoms with Gasteiger partial charge in [0.15, 0.2) is 8.38 Å². The molecule has 15 heavy (non-hydrogen) atoms. The molecule has 0 heterocycles. The minimum absolute atomic E-state index is 0.0263. The molecule has 0 atom stereocenters. The summed E-state index contributed by atoms with van der Waals surface area (Å²) in [6.45, 7) is -1.80. The van der Waals surface area contributed by atoms with Crippen LogP contribution in [0, 0.1) is 0 Å². The van der Waals surface area contributed by atoms with Gasteiger partial charge < -0.3 is 9.05 Å². The van der Waals surface area contributed by atoms with E-state index in [1.165, 1.54) is 6.92 Å². The topological polar surface area (TPSA) is 18.5 Å². The molecular formula is C6H9F6O2P. The van der Waals surface area contributed by atoms with Crippen molar-refractivity contribution < 1.29 is 35.4 Å². The van der Waals surface area contributed by atoms with Gasteiger partial charge >= 0.3 is 12.4 Å². The Morgan fingerprint density at radius 3 is 1.40 bits per heavy atom. The van der Waals surface area contributed by atoms with Crippen LogP contribution in [0.15, 0.2) is 0 Å². The standard InChI is InChI=1S/C6H9F6O2P/c1-2-15(13-3-5(7,8)9)14-4-6(10,11)12/h2-4H2,1H3. The maximum atomic E-state index is 11.6. The number of rotatable bonds is 5. The van der Waals surface area contributed by atoms with Crippen LogP contribution in [0.25, 0.3) is 0 Å². The van der Waals surface area contributed by atoms with Gasteiger partial charge in [-0.2, -0.15) is 26.3 Å². The second kappa shape index (κ2) is 5.86. The molecule has 0 aromatic heterocycles. The van der Waals surface area contributed by atoms with E-state index in [9.17, 15) is 26.3 Å². The third kappa shape index (κ3) is 10.2. The van der Waals surface area contributed by atoms with Gasteiger partial charge in [0.1, 0.15) is 13.2 Å². The third-order valence-corrected chi connectivity index (χ3v) is 2.35. The Labute approximate surface area is 83.5 Å². The molecule has 0 aromatic carbocycles. The highest BCUT2D eigenvalue weighted by Crippen LogP contribution is 2.40. The van der Waals surface area contributed by atoms with Crippen LogP contribution in [0.1, 0.15) is 6.92 Å². The van der Waals surface area contributed by atoms with E-state index in [4.69, 9.17) is 0 Å². The Bertz CT molecular complexity index is 161. The molecule has 0 unspecified atom stereocenters. The summed E-state index contributed by atoms with van der Waals surface area (Å²) in [5.41, 5.74) is 0. The Hall–Kier alpha value is -0.0700. The van der Waals surface area contributed by atoms with Crippen LogP contribution in [0.2, 0.25) is 0 Å². The molecule has 0 saturated heterocycles. The molecule has 0 aromatic rings. The molecule has 0 aliphatic carbocycles. The average Bonchev–Trinajstić information content (AvgIpc) is 2.00. The summed E-state index contributed by atoms with van der Waals surface area (Å²) in [5.74, 6) is 0. The van der Waals surface area contributed by atoms with E-state index in [0.717, 1.165) is 0 Å². The van der Waals surface area contributed by atoms with Crippen LogP contribution >= 0.6 is 8.38 Å². The number of halogens is 6. The molecule has 0 bridgehead atoms. The summed E-state index contributed by atoms with van der Waals surface area (Å²) in [6, 6.07) is 0. The Balaban J connectivity index is 3.84. The highest BCUT2D eigenvalue weighted by molar-refractivity contribution is 7.47. The Morgan fingerprint density at radius 2 is 1.20 bits per heavy atom. The van der Waals surface area contributed by atoms with E-state index in [1.54, 1.807) is 0 Å². The lowest BCUT2D eigenvalue weighted by Crippen LogP contribution is -2.18. The highest BCUT2D eigenvalue weighted by atomic mass is 31.2. The smallest absolute Gasteiger partial charge is 0.324 e. The molecule has 0 spiro atoms. The summed E-state index contributed by atoms with van der Waals surface area (Å²) in [6.07, 6.45) is -9.14. The van der Waals surface area contributed by atoms with Gasteiger partial charge in [-0.3, -0.25) is 0 Å². The molecule has 0 radical (unpaired) electrons. The van der Waals surface area contributed by atoms with E-state index >= 15 is 0 Å². The second-order valence-electron chi connectivity index (χ2n) is 2.43. The number of hydrogen-bond donors (Lipinski definition) is 0. The van der Waals surface area contributed by atoms with Gasteiger partial charge in [0.25, 0.3) is 0 Å². The van der Waals surface area contributed by atoms with Gasteiger partial charge in [0.05, 0.1) is 0 Å². The number of alkyl halides is 6. The van der Waals surface area contributed by atoms with Gasteiger partial charge in [-0.05, 0) is 0 Å².